The molecule has 0 spiro atoms. The van der Waals surface area contributed by atoms with E-state index in [2.05, 4.69) is 36.5 Å². The lowest BCUT2D eigenvalue weighted by Gasteiger charge is -2.10. The molecule has 1 rings (SSSR count). The highest BCUT2D eigenvalue weighted by atomic mass is 32.2. The molecule has 0 amide bonds. The summed E-state index contributed by atoms with van der Waals surface area (Å²) in [7, 11) is 0. The van der Waals surface area contributed by atoms with Crippen molar-refractivity contribution in [2.45, 2.75) is 25.6 Å². The van der Waals surface area contributed by atoms with E-state index in [0.29, 0.717) is 5.25 Å². The SMILES string of the molecule is CSC(C)CNCc1cnccc1C. The van der Waals surface area contributed by atoms with Crippen LogP contribution in [-0.4, -0.2) is 23.0 Å². The third kappa shape index (κ3) is 3.68. The monoisotopic (exact) mass is 210 g/mol. The fraction of sp³-hybridized carbons (Fsp3) is 0.545. The molecular weight excluding hydrogens is 192 g/mol. The lowest BCUT2D eigenvalue weighted by molar-refractivity contribution is 0.680. The van der Waals surface area contributed by atoms with E-state index in [9.17, 15) is 0 Å². The highest BCUT2D eigenvalue weighted by molar-refractivity contribution is 7.99. The summed E-state index contributed by atoms with van der Waals surface area (Å²) in [5.41, 5.74) is 2.60. The lowest BCUT2D eigenvalue weighted by atomic mass is 10.1. The van der Waals surface area contributed by atoms with Crippen molar-refractivity contribution in [3.05, 3.63) is 29.6 Å². The number of aryl methyl sites for hydroxylation is 1. The van der Waals surface area contributed by atoms with Crippen molar-refractivity contribution in [3.63, 3.8) is 0 Å². The molecule has 1 heterocycles. The summed E-state index contributed by atoms with van der Waals surface area (Å²) >= 11 is 1.89. The molecule has 78 valence electrons. The standard InChI is InChI=1S/C11H18N2S/c1-9-4-5-12-7-11(9)8-13-6-10(2)14-3/h4-5,7,10,13H,6,8H2,1-3H3. The molecule has 0 aromatic carbocycles. The summed E-state index contributed by atoms with van der Waals surface area (Å²) in [5, 5.41) is 4.11. The van der Waals surface area contributed by atoms with Crippen molar-refractivity contribution in [1.29, 1.82) is 0 Å². The Hall–Kier alpha value is -0.540. The van der Waals surface area contributed by atoms with Gasteiger partial charge in [-0.25, -0.2) is 0 Å². The number of pyridine rings is 1. The summed E-state index contributed by atoms with van der Waals surface area (Å²) in [6, 6.07) is 2.05. The molecule has 14 heavy (non-hydrogen) atoms. The Kier molecular flexibility index (Phi) is 4.98. The fourth-order valence-electron chi connectivity index (χ4n) is 1.18. The molecule has 0 aliphatic heterocycles. The lowest BCUT2D eigenvalue weighted by Crippen LogP contribution is -2.22. The van der Waals surface area contributed by atoms with Crippen LogP contribution >= 0.6 is 11.8 Å². The minimum Gasteiger partial charge on any atom is -0.312 e. The topological polar surface area (TPSA) is 24.9 Å². The molecule has 0 aliphatic carbocycles. The van der Waals surface area contributed by atoms with E-state index in [-0.39, 0.29) is 0 Å². The van der Waals surface area contributed by atoms with Crippen LogP contribution in [0.25, 0.3) is 0 Å². The molecule has 3 heteroatoms. The minimum atomic E-state index is 0.673. The number of rotatable bonds is 5. The van der Waals surface area contributed by atoms with Gasteiger partial charge in [-0.3, -0.25) is 4.98 Å². The van der Waals surface area contributed by atoms with E-state index in [1.54, 1.807) is 0 Å². The molecule has 1 unspecified atom stereocenters. The highest BCUT2D eigenvalue weighted by Gasteiger charge is 2.00. The number of thioether (sulfide) groups is 1. The van der Waals surface area contributed by atoms with Gasteiger partial charge in [-0.1, -0.05) is 6.92 Å². The number of hydrogen-bond acceptors (Lipinski definition) is 3. The average molecular weight is 210 g/mol. The second kappa shape index (κ2) is 6.04. The van der Waals surface area contributed by atoms with Crippen LogP contribution < -0.4 is 5.32 Å². The van der Waals surface area contributed by atoms with E-state index in [4.69, 9.17) is 0 Å². The van der Waals surface area contributed by atoms with Gasteiger partial charge in [0.05, 0.1) is 0 Å². The van der Waals surface area contributed by atoms with Crippen molar-refractivity contribution in [2.24, 2.45) is 0 Å². The summed E-state index contributed by atoms with van der Waals surface area (Å²) in [6.45, 7) is 6.32. The van der Waals surface area contributed by atoms with Crippen LogP contribution in [0.2, 0.25) is 0 Å². The van der Waals surface area contributed by atoms with Crippen LogP contribution in [0.4, 0.5) is 0 Å². The zero-order chi connectivity index (χ0) is 10.4. The van der Waals surface area contributed by atoms with E-state index >= 15 is 0 Å². The average Bonchev–Trinajstić information content (AvgIpc) is 2.20. The molecule has 1 N–H and O–H groups in total. The van der Waals surface area contributed by atoms with Gasteiger partial charge in [0.1, 0.15) is 0 Å². The van der Waals surface area contributed by atoms with E-state index in [1.807, 2.05) is 24.2 Å². The largest absolute Gasteiger partial charge is 0.312 e. The Morgan fingerprint density at radius 3 is 3.00 bits per heavy atom. The maximum atomic E-state index is 4.12. The van der Waals surface area contributed by atoms with Crippen molar-refractivity contribution >= 4 is 11.8 Å². The first-order valence-corrected chi connectivity index (χ1v) is 6.16. The van der Waals surface area contributed by atoms with Gasteiger partial charge in [-0.05, 0) is 30.4 Å². The Morgan fingerprint density at radius 2 is 2.36 bits per heavy atom. The highest BCUT2D eigenvalue weighted by Crippen LogP contribution is 2.06. The Morgan fingerprint density at radius 1 is 1.57 bits per heavy atom. The van der Waals surface area contributed by atoms with Crippen molar-refractivity contribution < 1.29 is 0 Å². The fourth-order valence-corrected chi connectivity index (χ4v) is 1.46. The van der Waals surface area contributed by atoms with Crippen molar-refractivity contribution in [1.82, 2.24) is 10.3 Å². The second-order valence-electron chi connectivity index (χ2n) is 3.48. The summed E-state index contributed by atoms with van der Waals surface area (Å²) in [6.07, 6.45) is 5.91. The van der Waals surface area contributed by atoms with Gasteiger partial charge in [0.2, 0.25) is 0 Å². The zero-order valence-corrected chi connectivity index (χ0v) is 9.90. The predicted molar refractivity (Wildman–Crippen MR) is 63.7 cm³/mol. The van der Waals surface area contributed by atoms with Crippen LogP contribution in [-0.2, 0) is 6.54 Å². The van der Waals surface area contributed by atoms with Crippen LogP contribution in [0, 0.1) is 6.92 Å². The maximum absolute atomic E-state index is 4.12. The van der Waals surface area contributed by atoms with E-state index < -0.39 is 0 Å². The van der Waals surface area contributed by atoms with Crippen LogP contribution in [0.15, 0.2) is 18.5 Å². The van der Waals surface area contributed by atoms with Crippen LogP contribution in [0.5, 0.6) is 0 Å². The molecule has 0 saturated carbocycles. The second-order valence-corrected chi connectivity index (χ2v) is 4.76. The molecular formula is C11H18N2S. The Labute approximate surface area is 90.5 Å². The third-order valence-corrected chi connectivity index (χ3v) is 3.27. The van der Waals surface area contributed by atoms with Gasteiger partial charge in [0, 0.05) is 30.7 Å². The number of hydrogen-bond donors (Lipinski definition) is 1. The Bertz CT molecular complexity index is 276. The third-order valence-electron chi connectivity index (χ3n) is 2.30. The predicted octanol–water partition coefficient (Wildman–Crippen LogP) is 2.23. The van der Waals surface area contributed by atoms with Gasteiger partial charge < -0.3 is 5.32 Å². The summed E-state index contributed by atoms with van der Waals surface area (Å²) in [4.78, 5) is 4.12. The molecule has 0 bridgehead atoms. The molecule has 0 saturated heterocycles. The van der Waals surface area contributed by atoms with E-state index in [1.165, 1.54) is 11.1 Å². The normalized spacial score (nSPS) is 12.8. The zero-order valence-electron chi connectivity index (χ0n) is 9.08. The molecule has 2 nitrogen and oxygen atoms in total. The molecule has 1 atom stereocenters. The van der Waals surface area contributed by atoms with Crippen molar-refractivity contribution in [3.8, 4) is 0 Å². The Balaban J connectivity index is 2.35. The molecule has 0 aliphatic rings. The number of nitrogens with one attached hydrogen (secondary N) is 1. The maximum Gasteiger partial charge on any atom is 0.0315 e. The minimum absolute atomic E-state index is 0.673. The molecule has 1 aromatic rings. The first-order valence-electron chi connectivity index (χ1n) is 4.87. The first kappa shape index (κ1) is 11.5. The van der Waals surface area contributed by atoms with Gasteiger partial charge >= 0.3 is 0 Å². The smallest absolute Gasteiger partial charge is 0.0315 e. The van der Waals surface area contributed by atoms with E-state index in [0.717, 1.165) is 13.1 Å². The molecule has 0 radical (unpaired) electrons. The molecule has 1 aromatic heterocycles. The van der Waals surface area contributed by atoms with Gasteiger partial charge in [0.15, 0.2) is 0 Å². The summed E-state index contributed by atoms with van der Waals surface area (Å²) in [5.74, 6) is 0. The quantitative estimate of drug-likeness (QED) is 0.806. The molecule has 0 fully saturated rings. The van der Waals surface area contributed by atoms with Crippen molar-refractivity contribution in [2.75, 3.05) is 12.8 Å². The number of aromatic nitrogens is 1. The summed E-state index contributed by atoms with van der Waals surface area (Å²) < 4.78 is 0. The number of nitrogens with zero attached hydrogens (tertiary/aromatic N) is 1. The first-order chi connectivity index (χ1) is 6.74. The van der Waals surface area contributed by atoms with Gasteiger partial charge in [-0.2, -0.15) is 11.8 Å². The van der Waals surface area contributed by atoms with Gasteiger partial charge in [0.25, 0.3) is 0 Å². The van der Waals surface area contributed by atoms with Crippen LogP contribution in [0.1, 0.15) is 18.1 Å². The van der Waals surface area contributed by atoms with Crippen LogP contribution in [0.3, 0.4) is 0 Å². The van der Waals surface area contributed by atoms with Gasteiger partial charge in [-0.15, -0.1) is 0 Å².